The van der Waals surface area contributed by atoms with Gasteiger partial charge in [0.05, 0.1) is 41.1 Å². The lowest BCUT2D eigenvalue weighted by Crippen LogP contribution is -2.35. The van der Waals surface area contributed by atoms with E-state index in [0.717, 1.165) is 5.56 Å². The second-order valence-corrected chi connectivity index (χ2v) is 10.3. The van der Waals surface area contributed by atoms with Crippen LogP contribution in [0.3, 0.4) is 0 Å². The van der Waals surface area contributed by atoms with Crippen LogP contribution in [0.15, 0.2) is 64.2 Å². The molecular formula is C29H24Cl2F2N4O7. The molecule has 1 aromatic heterocycles. The summed E-state index contributed by atoms with van der Waals surface area (Å²) < 4.78 is 49.4. The van der Waals surface area contributed by atoms with Gasteiger partial charge in [-0.1, -0.05) is 35.3 Å². The smallest absolute Gasteiger partial charge is 0.349 e. The number of halogens is 4. The molecule has 15 heteroatoms. The number of amides is 1. The van der Waals surface area contributed by atoms with E-state index in [0.29, 0.717) is 30.1 Å². The Bertz CT molecular complexity index is 1770. The van der Waals surface area contributed by atoms with E-state index in [1.807, 2.05) is 12.1 Å². The Morgan fingerprint density at radius 1 is 1.11 bits per heavy atom. The normalized spacial score (nSPS) is 14.5. The van der Waals surface area contributed by atoms with E-state index in [2.05, 4.69) is 10.4 Å². The van der Waals surface area contributed by atoms with Crippen LogP contribution in [0.2, 0.25) is 10.0 Å². The number of benzene rings is 3. The highest BCUT2D eigenvalue weighted by atomic mass is 35.5. The van der Waals surface area contributed by atoms with Crippen LogP contribution in [0.5, 0.6) is 23.0 Å². The lowest BCUT2D eigenvalue weighted by molar-refractivity contribution is 0.0925. The first-order chi connectivity index (χ1) is 21.1. The summed E-state index contributed by atoms with van der Waals surface area (Å²) in [5.41, 5.74) is -2.62. The van der Waals surface area contributed by atoms with Crippen molar-refractivity contribution >= 4 is 29.1 Å². The molecule has 4 aromatic rings. The molecule has 1 saturated heterocycles. The maximum absolute atomic E-state index is 13.3. The second kappa shape index (κ2) is 13.5. The molecule has 3 aromatic carbocycles. The highest BCUT2D eigenvalue weighted by molar-refractivity contribution is 6.37. The van der Waals surface area contributed by atoms with Crippen LogP contribution < -0.4 is 30.8 Å². The molecule has 1 aliphatic heterocycles. The number of nitrogens with one attached hydrogen (secondary N) is 2. The quantitative estimate of drug-likeness (QED) is 0.244. The fourth-order valence-electron chi connectivity index (χ4n) is 4.28. The summed E-state index contributed by atoms with van der Waals surface area (Å²) in [7, 11) is 1.57. The highest BCUT2D eigenvalue weighted by Crippen LogP contribution is 2.39. The number of aromatic nitrogens is 3. The van der Waals surface area contributed by atoms with Gasteiger partial charge in [-0.05, 0) is 54.4 Å². The first kappa shape index (κ1) is 31.0. The summed E-state index contributed by atoms with van der Waals surface area (Å²) in [6.07, 6.45) is -2.57. The van der Waals surface area contributed by atoms with Crippen LogP contribution in [0.25, 0.3) is 5.69 Å². The molecule has 230 valence electrons. The summed E-state index contributed by atoms with van der Waals surface area (Å²) >= 11 is 12.8. The first-order valence-electron chi connectivity index (χ1n) is 13.1. The molecule has 0 radical (unpaired) electrons. The number of hydrogen-bond donors (Lipinski definition) is 2. The van der Waals surface area contributed by atoms with Gasteiger partial charge in [-0.25, -0.2) is 13.6 Å². The van der Waals surface area contributed by atoms with Gasteiger partial charge < -0.3 is 24.3 Å². The third-order valence-corrected chi connectivity index (χ3v) is 7.08. The topological polar surface area (TPSA) is 134 Å². The number of H-pyrrole nitrogens is 1. The number of nitrogens with zero attached hydrogens (tertiary/aromatic N) is 2. The van der Waals surface area contributed by atoms with Crippen molar-refractivity contribution in [2.45, 2.75) is 25.5 Å². The molecule has 2 N–H and O–H groups in total. The van der Waals surface area contributed by atoms with Crippen molar-refractivity contribution < 1.29 is 32.5 Å². The van der Waals surface area contributed by atoms with E-state index in [1.165, 1.54) is 18.2 Å². The minimum absolute atomic E-state index is 0.0499. The predicted octanol–water partition coefficient (Wildman–Crippen LogP) is 5.06. The monoisotopic (exact) mass is 648 g/mol. The van der Waals surface area contributed by atoms with Crippen molar-refractivity contribution in [3.8, 4) is 28.7 Å². The Hall–Kier alpha value is -4.46. The van der Waals surface area contributed by atoms with Crippen molar-refractivity contribution in [1.82, 2.24) is 20.1 Å². The van der Waals surface area contributed by atoms with Crippen molar-refractivity contribution in [3.05, 3.63) is 102 Å². The van der Waals surface area contributed by atoms with Gasteiger partial charge in [-0.2, -0.15) is 9.78 Å². The fourth-order valence-corrected chi connectivity index (χ4v) is 4.84. The number of hydrogen-bond acceptors (Lipinski definition) is 8. The number of aromatic amines is 1. The number of methoxy groups -OCH3 is 1. The van der Waals surface area contributed by atoms with Crippen molar-refractivity contribution in [2.24, 2.45) is 0 Å². The molecule has 1 aliphatic rings. The fraction of sp³-hybridized carbons (Fsp3) is 0.241. The molecule has 2 heterocycles. The molecule has 1 amide bonds. The molecule has 1 unspecified atom stereocenters. The minimum atomic E-state index is -3.23. The van der Waals surface area contributed by atoms with E-state index in [-0.39, 0.29) is 51.2 Å². The zero-order chi connectivity index (χ0) is 31.4. The molecule has 11 nitrogen and oxygen atoms in total. The molecule has 44 heavy (non-hydrogen) atoms. The third-order valence-electron chi connectivity index (χ3n) is 6.52. The average Bonchev–Trinajstić information content (AvgIpc) is 3.51. The van der Waals surface area contributed by atoms with Crippen LogP contribution in [-0.4, -0.2) is 47.0 Å². The highest BCUT2D eigenvalue weighted by Gasteiger charge is 2.23. The van der Waals surface area contributed by atoms with Crippen LogP contribution >= 0.6 is 23.2 Å². The summed E-state index contributed by atoms with van der Waals surface area (Å²) in [5.74, 6) is 0.688. The van der Waals surface area contributed by atoms with E-state index < -0.39 is 29.3 Å². The van der Waals surface area contributed by atoms with Gasteiger partial charge in [-0.3, -0.25) is 14.6 Å². The van der Waals surface area contributed by atoms with Gasteiger partial charge in [0.2, 0.25) is 0 Å². The largest absolute Gasteiger partial charge is 0.497 e. The first-order valence-corrected chi connectivity index (χ1v) is 13.9. The number of carbonyl (C=O) groups is 1. The number of alkyl halides is 2. The molecule has 0 spiro atoms. The zero-order valence-corrected chi connectivity index (χ0v) is 24.5. The van der Waals surface area contributed by atoms with Gasteiger partial charge in [0.1, 0.15) is 23.9 Å². The zero-order valence-electron chi connectivity index (χ0n) is 22.9. The number of carbonyl (C=O) groups excluding carboxylic acids is 1. The maximum atomic E-state index is 13.3. The van der Waals surface area contributed by atoms with E-state index in [9.17, 15) is 23.2 Å². The van der Waals surface area contributed by atoms with Crippen molar-refractivity contribution in [3.63, 3.8) is 0 Å². The lowest BCUT2D eigenvalue weighted by atomic mass is 10.1. The van der Waals surface area contributed by atoms with Crippen LogP contribution in [0.4, 0.5) is 8.78 Å². The van der Waals surface area contributed by atoms with Crippen molar-refractivity contribution in [2.75, 3.05) is 20.3 Å². The Morgan fingerprint density at radius 3 is 2.45 bits per heavy atom. The molecule has 1 atom stereocenters. The van der Waals surface area contributed by atoms with E-state index in [1.54, 1.807) is 36.4 Å². The number of ether oxygens (including phenoxy) is 4. The van der Waals surface area contributed by atoms with Gasteiger partial charge in [0.15, 0.2) is 11.4 Å². The van der Waals surface area contributed by atoms with E-state index >= 15 is 0 Å². The third kappa shape index (κ3) is 7.01. The number of rotatable bonds is 10. The van der Waals surface area contributed by atoms with Crippen molar-refractivity contribution in [1.29, 1.82) is 0 Å². The predicted molar refractivity (Wildman–Crippen MR) is 156 cm³/mol. The van der Waals surface area contributed by atoms with E-state index in [4.69, 9.17) is 42.1 Å². The lowest BCUT2D eigenvalue weighted by Gasteiger charge is -2.17. The summed E-state index contributed by atoms with van der Waals surface area (Å²) in [6, 6.07) is 14.1. The Kier molecular flexibility index (Phi) is 9.47. The molecule has 0 aliphatic carbocycles. The van der Waals surface area contributed by atoms with Gasteiger partial charge in [0, 0.05) is 6.61 Å². The standard InChI is InChI=1S/C29H24Cl2F2N4O7/c1-41-18-4-2-15(3-5-18)13-43-23-7-6-19(12-20(23)27(38)34-16-8-9-42-14-16)44-25-21(30)10-17(11-22(25)31)37-29(40)35-28(39)24(36-37)26(32)33/h2-7,10-12,16,26H,8-9,13-14H2,1H3,(H,34,38)(H,35,39,40). The Balaban J connectivity index is 1.43. The Morgan fingerprint density at radius 2 is 1.82 bits per heavy atom. The summed E-state index contributed by atoms with van der Waals surface area (Å²) in [6.45, 7) is 1.08. The minimum Gasteiger partial charge on any atom is -0.497 e. The summed E-state index contributed by atoms with van der Waals surface area (Å²) in [4.78, 5) is 39.0. The van der Waals surface area contributed by atoms with Crippen LogP contribution in [-0.2, 0) is 11.3 Å². The molecule has 0 saturated carbocycles. The van der Waals surface area contributed by atoms with Gasteiger partial charge in [0.25, 0.3) is 17.9 Å². The molecule has 0 bridgehead atoms. The second-order valence-electron chi connectivity index (χ2n) is 9.53. The van der Waals surface area contributed by atoms with Gasteiger partial charge >= 0.3 is 5.69 Å². The summed E-state index contributed by atoms with van der Waals surface area (Å²) in [5, 5.41) is 6.15. The SMILES string of the molecule is COc1ccc(COc2ccc(Oc3c(Cl)cc(-n4nc(C(F)F)c(=O)[nH]c4=O)cc3Cl)cc2C(=O)NC2CCOC2)cc1. The van der Waals surface area contributed by atoms with Crippen LogP contribution in [0, 0.1) is 0 Å². The van der Waals surface area contributed by atoms with Gasteiger partial charge in [-0.15, -0.1) is 0 Å². The Labute approximate surface area is 258 Å². The molecule has 5 rings (SSSR count). The van der Waals surface area contributed by atoms with Crippen LogP contribution in [0.1, 0.15) is 34.5 Å². The average molecular weight is 649 g/mol. The maximum Gasteiger partial charge on any atom is 0.349 e. The molecular weight excluding hydrogens is 625 g/mol. The molecule has 1 fully saturated rings.